The lowest BCUT2D eigenvalue weighted by Crippen LogP contribution is -2.42. The summed E-state index contributed by atoms with van der Waals surface area (Å²) in [6.45, 7) is 4.26. The van der Waals surface area contributed by atoms with Crippen LogP contribution in [0.5, 0.6) is 5.75 Å². The fourth-order valence-electron chi connectivity index (χ4n) is 3.05. The van der Waals surface area contributed by atoms with Crippen molar-refractivity contribution in [3.63, 3.8) is 0 Å². The number of piperidine rings is 1. The molecular formula is C19H23NO. The van der Waals surface area contributed by atoms with Gasteiger partial charge in [0.2, 0.25) is 0 Å². The van der Waals surface area contributed by atoms with Gasteiger partial charge in [0.25, 0.3) is 0 Å². The molecule has 2 nitrogen and oxygen atoms in total. The minimum absolute atomic E-state index is 0.256. The van der Waals surface area contributed by atoms with Crippen molar-refractivity contribution in [1.82, 2.24) is 4.90 Å². The summed E-state index contributed by atoms with van der Waals surface area (Å²) in [5, 5.41) is 0. The van der Waals surface area contributed by atoms with Crippen LogP contribution in [0, 0.1) is 6.92 Å². The molecule has 0 amide bonds. The third-order valence-electron chi connectivity index (χ3n) is 4.29. The van der Waals surface area contributed by atoms with Crippen LogP contribution >= 0.6 is 0 Å². The summed E-state index contributed by atoms with van der Waals surface area (Å²) < 4.78 is 6.30. The first-order valence-electron chi connectivity index (χ1n) is 7.69. The van der Waals surface area contributed by atoms with Gasteiger partial charge in [-0.3, -0.25) is 0 Å². The number of likely N-dealkylation sites (N-methyl/N-ethyl adjacent to an activating group) is 1. The van der Waals surface area contributed by atoms with Crippen LogP contribution in [0.3, 0.4) is 0 Å². The molecule has 0 N–H and O–H groups in total. The molecule has 3 rings (SSSR count). The van der Waals surface area contributed by atoms with Gasteiger partial charge in [0.15, 0.2) is 0 Å². The van der Waals surface area contributed by atoms with Crippen molar-refractivity contribution in [3.05, 3.63) is 65.7 Å². The van der Waals surface area contributed by atoms with Crippen LogP contribution in [0.1, 0.15) is 23.5 Å². The van der Waals surface area contributed by atoms with Crippen molar-refractivity contribution >= 4 is 0 Å². The van der Waals surface area contributed by atoms with E-state index in [0.29, 0.717) is 5.92 Å². The van der Waals surface area contributed by atoms with E-state index in [2.05, 4.69) is 73.5 Å². The first kappa shape index (κ1) is 14.2. The summed E-state index contributed by atoms with van der Waals surface area (Å²) in [4.78, 5) is 2.40. The molecule has 0 aromatic heterocycles. The van der Waals surface area contributed by atoms with Crippen molar-refractivity contribution in [1.29, 1.82) is 0 Å². The molecular weight excluding hydrogens is 258 g/mol. The van der Waals surface area contributed by atoms with Crippen molar-refractivity contribution in [2.45, 2.75) is 25.4 Å². The van der Waals surface area contributed by atoms with E-state index >= 15 is 0 Å². The average Bonchev–Trinajstić information content (AvgIpc) is 2.52. The second-order valence-electron chi connectivity index (χ2n) is 6.04. The number of likely N-dealkylation sites (tertiary alicyclic amines) is 1. The number of hydrogen-bond donors (Lipinski definition) is 0. The Hall–Kier alpha value is -1.80. The van der Waals surface area contributed by atoms with Crippen LogP contribution < -0.4 is 4.74 Å². The van der Waals surface area contributed by atoms with Gasteiger partial charge < -0.3 is 9.64 Å². The Labute approximate surface area is 127 Å². The molecule has 0 spiro atoms. The molecule has 2 heteroatoms. The third kappa shape index (κ3) is 3.45. The predicted molar refractivity (Wildman–Crippen MR) is 86.9 cm³/mol. The Bertz CT molecular complexity index is 564. The van der Waals surface area contributed by atoms with Crippen LogP contribution in [-0.2, 0) is 0 Å². The monoisotopic (exact) mass is 281 g/mol. The molecule has 1 fully saturated rings. The minimum atomic E-state index is 0.256. The van der Waals surface area contributed by atoms with Gasteiger partial charge in [0, 0.05) is 19.0 Å². The second kappa shape index (κ2) is 6.31. The maximum absolute atomic E-state index is 6.30. The van der Waals surface area contributed by atoms with Gasteiger partial charge in [-0.15, -0.1) is 0 Å². The SMILES string of the molecule is Cc1ccc(O[C@H]2CCN(C)C[C@@H]2c2ccccc2)cc1. The topological polar surface area (TPSA) is 12.5 Å². The lowest BCUT2D eigenvalue weighted by molar-refractivity contribution is 0.0902. The van der Waals surface area contributed by atoms with Crippen molar-refractivity contribution < 1.29 is 4.74 Å². The van der Waals surface area contributed by atoms with Crippen LogP contribution in [0.15, 0.2) is 54.6 Å². The Morgan fingerprint density at radius 3 is 2.43 bits per heavy atom. The first-order valence-corrected chi connectivity index (χ1v) is 7.69. The van der Waals surface area contributed by atoms with E-state index in [0.717, 1.165) is 25.3 Å². The number of ether oxygens (including phenoxy) is 1. The van der Waals surface area contributed by atoms with Gasteiger partial charge in [-0.25, -0.2) is 0 Å². The lowest BCUT2D eigenvalue weighted by Gasteiger charge is -2.37. The van der Waals surface area contributed by atoms with E-state index in [4.69, 9.17) is 4.74 Å². The Morgan fingerprint density at radius 1 is 1.00 bits per heavy atom. The van der Waals surface area contributed by atoms with Crippen LogP contribution in [0.4, 0.5) is 0 Å². The molecule has 21 heavy (non-hydrogen) atoms. The Morgan fingerprint density at radius 2 is 1.71 bits per heavy atom. The third-order valence-corrected chi connectivity index (χ3v) is 4.29. The van der Waals surface area contributed by atoms with E-state index in [1.54, 1.807) is 0 Å². The molecule has 1 aliphatic heterocycles. The molecule has 0 radical (unpaired) electrons. The molecule has 1 saturated heterocycles. The first-order chi connectivity index (χ1) is 10.2. The summed E-state index contributed by atoms with van der Waals surface area (Å²) in [5.41, 5.74) is 2.64. The van der Waals surface area contributed by atoms with Crippen LogP contribution in [0.25, 0.3) is 0 Å². The molecule has 1 aliphatic rings. The van der Waals surface area contributed by atoms with E-state index in [9.17, 15) is 0 Å². The van der Waals surface area contributed by atoms with E-state index in [-0.39, 0.29) is 6.10 Å². The standard InChI is InChI=1S/C19H23NO/c1-15-8-10-17(11-9-15)21-19-12-13-20(2)14-18(19)16-6-4-3-5-7-16/h3-11,18-19H,12-14H2,1-2H3/t18-,19+/m1/s1. The van der Waals surface area contributed by atoms with Gasteiger partial charge in [0.1, 0.15) is 11.9 Å². The number of nitrogens with zero attached hydrogens (tertiary/aromatic N) is 1. The van der Waals surface area contributed by atoms with Crippen molar-refractivity contribution in [3.8, 4) is 5.75 Å². The van der Waals surface area contributed by atoms with Crippen LogP contribution in [-0.4, -0.2) is 31.1 Å². The normalized spacial score (nSPS) is 23.0. The van der Waals surface area contributed by atoms with Crippen molar-refractivity contribution in [2.75, 3.05) is 20.1 Å². The molecule has 0 bridgehead atoms. The zero-order valence-electron chi connectivity index (χ0n) is 12.8. The molecule has 0 saturated carbocycles. The van der Waals surface area contributed by atoms with E-state index in [1.165, 1.54) is 11.1 Å². The summed E-state index contributed by atoms with van der Waals surface area (Å²) in [6.07, 6.45) is 1.33. The Balaban J connectivity index is 1.79. The molecule has 2 aromatic carbocycles. The maximum Gasteiger partial charge on any atom is 0.119 e. The summed E-state index contributed by atoms with van der Waals surface area (Å²) >= 11 is 0. The van der Waals surface area contributed by atoms with E-state index in [1.807, 2.05) is 0 Å². The second-order valence-corrected chi connectivity index (χ2v) is 6.04. The number of benzene rings is 2. The minimum Gasteiger partial charge on any atom is -0.490 e. The van der Waals surface area contributed by atoms with Gasteiger partial charge in [-0.1, -0.05) is 48.0 Å². The number of hydrogen-bond acceptors (Lipinski definition) is 2. The van der Waals surface area contributed by atoms with E-state index < -0.39 is 0 Å². The van der Waals surface area contributed by atoms with Crippen LogP contribution in [0.2, 0.25) is 0 Å². The van der Waals surface area contributed by atoms with Gasteiger partial charge in [-0.2, -0.15) is 0 Å². The van der Waals surface area contributed by atoms with Gasteiger partial charge in [-0.05, 0) is 38.1 Å². The predicted octanol–water partition coefficient (Wildman–Crippen LogP) is 3.86. The smallest absolute Gasteiger partial charge is 0.119 e. The molecule has 0 unspecified atom stereocenters. The van der Waals surface area contributed by atoms with Crippen molar-refractivity contribution in [2.24, 2.45) is 0 Å². The summed E-state index contributed by atoms with van der Waals surface area (Å²) in [7, 11) is 2.19. The largest absolute Gasteiger partial charge is 0.490 e. The highest BCUT2D eigenvalue weighted by Crippen LogP contribution is 2.30. The molecule has 2 aromatic rings. The number of aryl methyl sites for hydroxylation is 1. The summed E-state index contributed by atoms with van der Waals surface area (Å²) in [5.74, 6) is 1.42. The van der Waals surface area contributed by atoms with Gasteiger partial charge in [0.05, 0.1) is 0 Å². The zero-order chi connectivity index (χ0) is 14.7. The quantitative estimate of drug-likeness (QED) is 0.847. The molecule has 0 aliphatic carbocycles. The summed E-state index contributed by atoms with van der Waals surface area (Å²) in [6, 6.07) is 19.1. The Kier molecular flexibility index (Phi) is 4.26. The highest BCUT2D eigenvalue weighted by atomic mass is 16.5. The maximum atomic E-state index is 6.30. The molecule has 1 heterocycles. The highest BCUT2D eigenvalue weighted by Gasteiger charge is 2.30. The van der Waals surface area contributed by atoms with Gasteiger partial charge >= 0.3 is 0 Å². The fraction of sp³-hybridized carbons (Fsp3) is 0.368. The molecule has 2 atom stereocenters. The average molecular weight is 281 g/mol. The number of rotatable bonds is 3. The lowest BCUT2D eigenvalue weighted by atomic mass is 9.88. The fourth-order valence-corrected chi connectivity index (χ4v) is 3.05. The highest BCUT2D eigenvalue weighted by molar-refractivity contribution is 5.28. The zero-order valence-corrected chi connectivity index (χ0v) is 12.8. The molecule has 110 valence electrons.